The molecular weight excluding hydrogens is 316 g/mol. The molecule has 1 aromatic carbocycles. The van der Waals surface area contributed by atoms with Gasteiger partial charge in [-0.2, -0.15) is 0 Å². The average Bonchev–Trinajstić information content (AvgIpc) is 2.44. The summed E-state index contributed by atoms with van der Waals surface area (Å²) in [5, 5.41) is 2.79. The molecule has 2 rings (SSSR count). The molecular formula is C16H17BrN2O. The number of aromatic nitrogens is 1. The van der Waals surface area contributed by atoms with E-state index in [0.29, 0.717) is 12.2 Å². The normalized spacial score (nSPS) is 10.3. The van der Waals surface area contributed by atoms with Crippen molar-refractivity contribution >= 4 is 27.7 Å². The molecule has 1 N–H and O–H groups in total. The smallest absolute Gasteiger partial charge is 0.225 e. The zero-order valence-corrected chi connectivity index (χ0v) is 13.0. The minimum absolute atomic E-state index is 0.00642. The molecule has 1 amide bonds. The van der Waals surface area contributed by atoms with Crippen LogP contribution in [0.15, 0.2) is 47.1 Å². The van der Waals surface area contributed by atoms with Crippen molar-refractivity contribution < 1.29 is 4.79 Å². The lowest BCUT2D eigenvalue weighted by molar-refractivity contribution is -0.116. The van der Waals surface area contributed by atoms with Gasteiger partial charge in [-0.05, 0) is 53.4 Å². The van der Waals surface area contributed by atoms with E-state index < -0.39 is 0 Å². The predicted molar refractivity (Wildman–Crippen MR) is 84.7 cm³/mol. The van der Waals surface area contributed by atoms with Gasteiger partial charge in [0.1, 0.15) is 5.82 Å². The standard InChI is InChI=1S/C16H17BrN2O/c1-12-5-7-13(8-6-12)3-2-4-16(20)19-15-10-9-14(17)11-18-15/h5-11H,2-4H2,1H3,(H,18,19,20). The molecule has 1 aromatic heterocycles. The van der Waals surface area contributed by atoms with Crippen LogP contribution in [0.25, 0.3) is 0 Å². The summed E-state index contributed by atoms with van der Waals surface area (Å²) in [7, 11) is 0. The van der Waals surface area contributed by atoms with Crippen molar-refractivity contribution in [3.8, 4) is 0 Å². The maximum absolute atomic E-state index is 11.8. The van der Waals surface area contributed by atoms with Crippen LogP contribution in [0.1, 0.15) is 24.0 Å². The largest absolute Gasteiger partial charge is 0.311 e. The van der Waals surface area contributed by atoms with Gasteiger partial charge in [-0.25, -0.2) is 4.98 Å². The Morgan fingerprint density at radius 1 is 1.20 bits per heavy atom. The van der Waals surface area contributed by atoms with Crippen molar-refractivity contribution in [3.05, 3.63) is 58.2 Å². The lowest BCUT2D eigenvalue weighted by Gasteiger charge is -2.05. The van der Waals surface area contributed by atoms with E-state index in [1.165, 1.54) is 11.1 Å². The number of pyridine rings is 1. The number of benzene rings is 1. The fraction of sp³-hybridized carbons (Fsp3) is 0.250. The maximum Gasteiger partial charge on any atom is 0.225 e. The minimum atomic E-state index is 0.00642. The summed E-state index contributed by atoms with van der Waals surface area (Å²) >= 11 is 3.31. The van der Waals surface area contributed by atoms with E-state index >= 15 is 0 Å². The summed E-state index contributed by atoms with van der Waals surface area (Å²) in [5.41, 5.74) is 2.53. The van der Waals surface area contributed by atoms with Crippen molar-refractivity contribution in [2.45, 2.75) is 26.2 Å². The third-order valence-electron chi connectivity index (χ3n) is 2.98. The molecule has 0 aliphatic rings. The second kappa shape index (κ2) is 7.20. The molecule has 0 bridgehead atoms. The van der Waals surface area contributed by atoms with Crippen molar-refractivity contribution in [2.75, 3.05) is 5.32 Å². The number of anilines is 1. The summed E-state index contributed by atoms with van der Waals surface area (Å²) in [6.45, 7) is 2.07. The first-order valence-electron chi connectivity index (χ1n) is 6.60. The van der Waals surface area contributed by atoms with Crippen molar-refractivity contribution in [3.63, 3.8) is 0 Å². The highest BCUT2D eigenvalue weighted by Crippen LogP contribution is 2.11. The monoisotopic (exact) mass is 332 g/mol. The summed E-state index contributed by atoms with van der Waals surface area (Å²) in [6, 6.07) is 12.1. The van der Waals surface area contributed by atoms with Crippen LogP contribution >= 0.6 is 15.9 Å². The quantitative estimate of drug-likeness (QED) is 0.894. The van der Waals surface area contributed by atoms with E-state index in [2.05, 4.69) is 57.4 Å². The second-order valence-electron chi connectivity index (χ2n) is 4.75. The molecule has 0 aliphatic carbocycles. The van der Waals surface area contributed by atoms with E-state index in [1.807, 2.05) is 6.07 Å². The first-order chi connectivity index (χ1) is 9.63. The zero-order valence-electron chi connectivity index (χ0n) is 11.4. The molecule has 2 aromatic rings. The Morgan fingerprint density at radius 2 is 1.95 bits per heavy atom. The SMILES string of the molecule is Cc1ccc(CCCC(=O)Nc2ccc(Br)cn2)cc1. The van der Waals surface area contributed by atoms with Crippen LogP contribution in [0.4, 0.5) is 5.82 Å². The van der Waals surface area contributed by atoms with E-state index in [-0.39, 0.29) is 5.91 Å². The molecule has 3 nitrogen and oxygen atoms in total. The van der Waals surface area contributed by atoms with Gasteiger partial charge < -0.3 is 5.32 Å². The number of aryl methyl sites for hydroxylation is 2. The number of halogens is 1. The lowest BCUT2D eigenvalue weighted by atomic mass is 10.1. The molecule has 104 valence electrons. The Morgan fingerprint density at radius 3 is 2.60 bits per heavy atom. The number of amides is 1. The van der Waals surface area contributed by atoms with E-state index in [0.717, 1.165) is 17.3 Å². The van der Waals surface area contributed by atoms with E-state index in [9.17, 15) is 4.79 Å². The molecule has 0 fully saturated rings. The summed E-state index contributed by atoms with van der Waals surface area (Å²) in [6.07, 6.45) is 3.93. The zero-order chi connectivity index (χ0) is 14.4. The highest BCUT2D eigenvalue weighted by molar-refractivity contribution is 9.10. The number of rotatable bonds is 5. The predicted octanol–water partition coefficient (Wildman–Crippen LogP) is 4.11. The van der Waals surface area contributed by atoms with Crippen LogP contribution in [0.5, 0.6) is 0 Å². The van der Waals surface area contributed by atoms with Crippen molar-refractivity contribution in [1.29, 1.82) is 0 Å². The Balaban J connectivity index is 1.75. The minimum Gasteiger partial charge on any atom is -0.311 e. The number of carbonyl (C=O) groups excluding carboxylic acids is 1. The molecule has 0 unspecified atom stereocenters. The van der Waals surface area contributed by atoms with Crippen LogP contribution in [0.2, 0.25) is 0 Å². The van der Waals surface area contributed by atoms with Gasteiger partial charge in [0.05, 0.1) is 0 Å². The van der Waals surface area contributed by atoms with Crippen LogP contribution in [0, 0.1) is 6.92 Å². The average molecular weight is 333 g/mol. The van der Waals surface area contributed by atoms with Gasteiger partial charge in [0, 0.05) is 17.1 Å². The molecule has 0 aliphatic heterocycles. The first kappa shape index (κ1) is 14.7. The molecule has 0 atom stereocenters. The Bertz CT molecular complexity index is 564. The summed E-state index contributed by atoms with van der Waals surface area (Å²) in [5.74, 6) is 0.598. The summed E-state index contributed by atoms with van der Waals surface area (Å²) < 4.78 is 0.898. The number of hydrogen-bond donors (Lipinski definition) is 1. The van der Waals surface area contributed by atoms with Crippen LogP contribution in [-0.4, -0.2) is 10.9 Å². The topological polar surface area (TPSA) is 42.0 Å². The number of carbonyl (C=O) groups is 1. The fourth-order valence-electron chi connectivity index (χ4n) is 1.86. The van der Waals surface area contributed by atoms with E-state index in [1.54, 1.807) is 12.3 Å². The molecule has 0 radical (unpaired) electrons. The second-order valence-corrected chi connectivity index (χ2v) is 5.66. The third kappa shape index (κ3) is 4.78. The Kier molecular flexibility index (Phi) is 5.30. The van der Waals surface area contributed by atoms with Gasteiger partial charge in [0.2, 0.25) is 5.91 Å². The molecule has 20 heavy (non-hydrogen) atoms. The van der Waals surface area contributed by atoms with Gasteiger partial charge in [0.25, 0.3) is 0 Å². The number of hydrogen-bond acceptors (Lipinski definition) is 2. The van der Waals surface area contributed by atoms with Gasteiger partial charge in [0.15, 0.2) is 0 Å². The number of nitrogens with one attached hydrogen (secondary N) is 1. The van der Waals surface area contributed by atoms with Crippen molar-refractivity contribution in [1.82, 2.24) is 4.98 Å². The molecule has 4 heteroatoms. The van der Waals surface area contributed by atoms with Gasteiger partial charge in [-0.3, -0.25) is 4.79 Å². The van der Waals surface area contributed by atoms with E-state index in [4.69, 9.17) is 0 Å². The Hall–Kier alpha value is -1.68. The third-order valence-corrected chi connectivity index (χ3v) is 3.45. The highest BCUT2D eigenvalue weighted by Gasteiger charge is 2.03. The van der Waals surface area contributed by atoms with Crippen LogP contribution in [0.3, 0.4) is 0 Å². The Labute approximate surface area is 127 Å². The fourth-order valence-corrected chi connectivity index (χ4v) is 2.10. The van der Waals surface area contributed by atoms with Gasteiger partial charge in [-0.1, -0.05) is 29.8 Å². The highest BCUT2D eigenvalue weighted by atomic mass is 79.9. The van der Waals surface area contributed by atoms with Crippen LogP contribution in [-0.2, 0) is 11.2 Å². The summed E-state index contributed by atoms with van der Waals surface area (Å²) in [4.78, 5) is 15.9. The van der Waals surface area contributed by atoms with Gasteiger partial charge in [-0.15, -0.1) is 0 Å². The molecule has 0 spiro atoms. The van der Waals surface area contributed by atoms with Gasteiger partial charge >= 0.3 is 0 Å². The molecule has 1 heterocycles. The first-order valence-corrected chi connectivity index (χ1v) is 7.40. The number of nitrogens with zero attached hydrogens (tertiary/aromatic N) is 1. The molecule has 0 saturated carbocycles. The van der Waals surface area contributed by atoms with Crippen LogP contribution < -0.4 is 5.32 Å². The maximum atomic E-state index is 11.8. The lowest BCUT2D eigenvalue weighted by Crippen LogP contribution is -2.12. The molecule has 0 saturated heterocycles. The van der Waals surface area contributed by atoms with Crippen molar-refractivity contribution in [2.24, 2.45) is 0 Å².